The summed E-state index contributed by atoms with van der Waals surface area (Å²) in [5.41, 5.74) is -4.15. The average molecular weight is 470 g/mol. The number of carbonyl (C=O) groups is 6. The zero-order valence-corrected chi connectivity index (χ0v) is 20.0. The first-order chi connectivity index (χ1) is 15.0. The van der Waals surface area contributed by atoms with Crippen molar-refractivity contribution in [3.05, 3.63) is 0 Å². The molecule has 1 aliphatic heterocycles. The minimum Gasteiger partial charge on any atom is -0.469 e. The molecule has 0 aromatic rings. The fourth-order valence-electron chi connectivity index (χ4n) is 3.95. The SMILES string of the molecule is COC(=O)[C@H]1CC2(C[C@@H]1C(=O)OC)C(=O)N(C(=O)OC(C)(C)C)C(=O)N2C(=O)OC(C)(C)C. The van der Waals surface area contributed by atoms with E-state index in [4.69, 9.17) is 18.9 Å². The fraction of sp³-hybridized carbons (Fsp3) is 0.714. The Kier molecular flexibility index (Phi) is 6.82. The molecule has 1 saturated carbocycles. The monoisotopic (exact) mass is 470 g/mol. The smallest absolute Gasteiger partial charge is 0.425 e. The molecular weight excluding hydrogens is 440 g/mol. The van der Waals surface area contributed by atoms with Crippen molar-refractivity contribution >= 4 is 36.1 Å². The Hall–Kier alpha value is -3.18. The second-order valence-electron chi connectivity index (χ2n) is 9.92. The van der Waals surface area contributed by atoms with E-state index in [1.54, 1.807) is 20.8 Å². The number of nitrogens with zero attached hydrogens (tertiary/aromatic N) is 2. The molecule has 0 radical (unpaired) electrons. The van der Waals surface area contributed by atoms with Crippen LogP contribution in [0.2, 0.25) is 0 Å². The van der Waals surface area contributed by atoms with Gasteiger partial charge in [-0.1, -0.05) is 0 Å². The molecule has 12 heteroatoms. The van der Waals surface area contributed by atoms with Gasteiger partial charge < -0.3 is 18.9 Å². The zero-order chi connectivity index (χ0) is 25.5. The van der Waals surface area contributed by atoms with Crippen LogP contribution in [0.1, 0.15) is 54.4 Å². The van der Waals surface area contributed by atoms with Gasteiger partial charge in [0.15, 0.2) is 0 Å². The van der Waals surface area contributed by atoms with Crippen molar-refractivity contribution in [2.24, 2.45) is 11.8 Å². The van der Waals surface area contributed by atoms with Crippen LogP contribution in [0, 0.1) is 11.8 Å². The Bertz CT molecular complexity index is 858. The molecule has 2 aliphatic rings. The maximum Gasteiger partial charge on any atom is 0.425 e. The van der Waals surface area contributed by atoms with E-state index in [0.29, 0.717) is 4.90 Å². The van der Waals surface area contributed by atoms with E-state index in [1.807, 2.05) is 0 Å². The first-order valence-corrected chi connectivity index (χ1v) is 10.3. The van der Waals surface area contributed by atoms with Gasteiger partial charge in [-0.25, -0.2) is 19.3 Å². The summed E-state index contributed by atoms with van der Waals surface area (Å²) in [4.78, 5) is 78.0. The van der Waals surface area contributed by atoms with Gasteiger partial charge in [0.1, 0.15) is 16.7 Å². The van der Waals surface area contributed by atoms with Gasteiger partial charge in [-0.15, -0.1) is 0 Å². The van der Waals surface area contributed by atoms with Crippen molar-refractivity contribution in [1.82, 2.24) is 9.80 Å². The van der Waals surface area contributed by atoms with Gasteiger partial charge in [0, 0.05) is 0 Å². The molecule has 2 rings (SSSR count). The summed E-state index contributed by atoms with van der Waals surface area (Å²) in [7, 11) is 2.20. The standard InChI is InChI=1S/C21H30N2O10/c1-19(2,3)32-17(28)22-15(26)21(23(16(22)27)18(29)33-20(4,5)6)9-11(13(24)30-7)12(10-21)14(25)31-8/h11-12H,9-10H2,1-8H3/t11-,12-/m0/s1. The first kappa shape index (κ1) is 26.1. The number of imide groups is 4. The van der Waals surface area contributed by atoms with Crippen LogP contribution < -0.4 is 0 Å². The van der Waals surface area contributed by atoms with Crippen LogP contribution in [-0.2, 0) is 33.3 Å². The predicted octanol–water partition coefficient (Wildman–Crippen LogP) is 2.23. The van der Waals surface area contributed by atoms with Gasteiger partial charge in [0.05, 0.1) is 26.1 Å². The topological polar surface area (TPSA) is 146 Å². The van der Waals surface area contributed by atoms with Crippen LogP contribution >= 0.6 is 0 Å². The number of rotatable bonds is 2. The van der Waals surface area contributed by atoms with Crippen molar-refractivity contribution in [2.45, 2.75) is 71.1 Å². The van der Waals surface area contributed by atoms with E-state index < -0.39 is 77.5 Å². The second kappa shape index (κ2) is 8.64. The highest BCUT2D eigenvalue weighted by atomic mass is 16.6. The molecule has 0 aromatic carbocycles. The van der Waals surface area contributed by atoms with Gasteiger partial charge in [-0.05, 0) is 54.4 Å². The molecule has 5 amide bonds. The van der Waals surface area contributed by atoms with Gasteiger partial charge in [-0.3, -0.25) is 14.4 Å². The molecule has 1 spiro atoms. The molecule has 0 bridgehead atoms. The molecule has 0 aromatic heterocycles. The van der Waals surface area contributed by atoms with E-state index in [0.717, 1.165) is 14.2 Å². The van der Waals surface area contributed by atoms with Crippen LogP contribution in [0.4, 0.5) is 14.4 Å². The lowest BCUT2D eigenvalue weighted by atomic mass is 9.94. The van der Waals surface area contributed by atoms with Gasteiger partial charge >= 0.3 is 30.2 Å². The van der Waals surface area contributed by atoms with Crippen molar-refractivity contribution in [3.63, 3.8) is 0 Å². The first-order valence-electron chi connectivity index (χ1n) is 10.3. The zero-order valence-electron chi connectivity index (χ0n) is 20.0. The minimum atomic E-state index is -2.05. The molecule has 0 unspecified atom stereocenters. The van der Waals surface area contributed by atoms with Crippen LogP contribution in [0.25, 0.3) is 0 Å². The quantitative estimate of drug-likeness (QED) is 0.334. The van der Waals surface area contributed by atoms with E-state index in [2.05, 4.69) is 0 Å². The summed E-state index contributed by atoms with van der Waals surface area (Å²) in [5, 5.41) is 0. The molecule has 1 heterocycles. The molecular formula is C21H30N2O10. The maximum absolute atomic E-state index is 13.5. The summed E-state index contributed by atoms with van der Waals surface area (Å²) in [5.74, 6) is -5.18. The highest BCUT2D eigenvalue weighted by molar-refractivity contribution is 6.21. The predicted molar refractivity (Wildman–Crippen MR) is 110 cm³/mol. The third kappa shape index (κ3) is 4.93. The molecule has 1 saturated heterocycles. The molecule has 33 heavy (non-hydrogen) atoms. The van der Waals surface area contributed by atoms with E-state index >= 15 is 0 Å². The number of esters is 2. The Labute approximate surface area is 191 Å². The number of carbonyl (C=O) groups excluding carboxylic acids is 6. The van der Waals surface area contributed by atoms with Crippen LogP contribution in [0.5, 0.6) is 0 Å². The van der Waals surface area contributed by atoms with Gasteiger partial charge in [0.2, 0.25) is 0 Å². The van der Waals surface area contributed by atoms with Crippen molar-refractivity contribution in [1.29, 1.82) is 0 Å². The molecule has 12 nitrogen and oxygen atoms in total. The van der Waals surface area contributed by atoms with Crippen LogP contribution in [0.3, 0.4) is 0 Å². The number of hydrogen-bond donors (Lipinski definition) is 0. The summed E-state index contributed by atoms with van der Waals surface area (Å²) >= 11 is 0. The average Bonchev–Trinajstić information content (AvgIpc) is 3.14. The van der Waals surface area contributed by atoms with Crippen molar-refractivity contribution in [3.8, 4) is 0 Å². The molecule has 184 valence electrons. The highest BCUT2D eigenvalue weighted by Gasteiger charge is 2.69. The minimum absolute atomic E-state index is 0.198. The van der Waals surface area contributed by atoms with Crippen LogP contribution in [0.15, 0.2) is 0 Å². The Morgan fingerprint density at radius 3 is 1.55 bits per heavy atom. The third-order valence-electron chi connectivity index (χ3n) is 5.17. The van der Waals surface area contributed by atoms with Gasteiger partial charge in [-0.2, -0.15) is 4.90 Å². The summed E-state index contributed by atoms with van der Waals surface area (Å²) in [6, 6.07) is -1.29. The number of amides is 5. The lowest BCUT2D eigenvalue weighted by molar-refractivity contribution is -0.156. The number of urea groups is 1. The van der Waals surface area contributed by atoms with E-state index in [9.17, 15) is 28.8 Å². The Morgan fingerprint density at radius 2 is 1.18 bits per heavy atom. The second-order valence-corrected chi connectivity index (χ2v) is 9.92. The van der Waals surface area contributed by atoms with E-state index in [-0.39, 0.29) is 4.90 Å². The Morgan fingerprint density at radius 1 is 0.788 bits per heavy atom. The number of methoxy groups -OCH3 is 2. The fourth-order valence-corrected chi connectivity index (χ4v) is 3.95. The molecule has 2 fully saturated rings. The molecule has 2 atom stereocenters. The lowest BCUT2D eigenvalue weighted by Crippen LogP contribution is -2.52. The normalized spacial score (nSPS) is 22.4. The highest BCUT2D eigenvalue weighted by Crippen LogP contribution is 2.49. The number of hydrogen-bond acceptors (Lipinski definition) is 10. The summed E-state index contributed by atoms with van der Waals surface area (Å²) in [6.45, 7) is 9.26. The van der Waals surface area contributed by atoms with Crippen LogP contribution in [-0.4, -0.2) is 76.8 Å². The largest absolute Gasteiger partial charge is 0.469 e. The summed E-state index contributed by atoms with van der Waals surface area (Å²) < 4.78 is 20.0. The van der Waals surface area contributed by atoms with Gasteiger partial charge in [0.25, 0.3) is 5.91 Å². The number of ether oxygens (including phenoxy) is 4. The molecule has 1 aliphatic carbocycles. The summed E-state index contributed by atoms with van der Waals surface area (Å²) in [6.07, 6.45) is -3.41. The molecule has 0 N–H and O–H groups in total. The Balaban J connectivity index is 2.62. The van der Waals surface area contributed by atoms with E-state index in [1.165, 1.54) is 20.8 Å². The van der Waals surface area contributed by atoms with Crippen molar-refractivity contribution < 1.29 is 47.7 Å². The lowest BCUT2D eigenvalue weighted by Gasteiger charge is -2.31. The maximum atomic E-state index is 13.5. The third-order valence-corrected chi connectivity index (χ3v) is 5.17. The van der Waals surface area contributed by atoms with Crippen molar-refractivity contribution in [2.75, 3.05) is 14.2 Å².